The van der Waals surface area contributed by atoms with Crippen molar-refractivity contribution in [1.29, 1.82) is 0 Å². The predicted octanol–water partition coefficient (Wildman–Crippen LogP) is 0.827. The van der Waals surface area contributed by atoms with Crippen LogP contribution in [-0.2, 0) is 17.7 Å². The molecule has 3 heterocycles. The minimum absolute atomic E-state index is 0.279. The van der Waals surface area contributed by atoms with E-state index in [0.717, 1.165) is 56.9 Å². The number of aromatic nitrogens is 3. The Morgan fingerprint density at radius 1 is 1.38 bits per heavy atom. The molecule has 0 aromatic carbocycles. The van der Waals surface area contributed by atoms with Crippen LogP contribution in [0.15, 0.2) is 0 Å². The van der Waals surface area contributed by atoms with Gasteiger partial charge in [0, 0.05) is 19.6 Å². The van der Waals surface area contributed by atoms with Gasteiger partial charge in [-0.05, 0) is 25.7 Å². The van der Waals surface area contributed by atoms with Gasteiger partial charge in [0.1, 0.15) is 6.10 Å². The van der Waals surface area contributed by atoms with Gasteiger partial charge in [-0.2, -0.15) is 5.10 Å². The number of nitrogens with zero attached hydrogens (tertiary/aromatic N) is 3. The molecule has 0 spiro atoms. The van der Waals surface area contributed by atoms with Crippen LogP contribution in [-0.4, -0.2) is 32.6 Å². The van der Waals surface area contributed by atoms with Crippen molar-refractivity contribution in [2.75, 3.05) is 6.61 Å². The fraction of sp³-hybridized carbons (Fsp3) is 0.818. The van der Waals surface area contributed by atoms with E-state index in [0.29, 0.717) is 0 Å². The van der Waals surface area contributed by atoms with Crippen LogP contribution in [0.3, 0.4) is 0 Å². The lowest BCUT2D eigenvalue weighted by Gasteiger charge is -2.16. The van der Waals surface area contributed by atoms with Gasteiger partial charge in [-0.3, -0.25) is 0 Å². The summed E-state index contributed by atoms with van der Waals surface area (Å²) in [5.74, 6) is 1.56. The quantitative estimate of drug-likeness (QED) is 0.806. The Morgan fingerprint density at radius 3 is 3.06 bits per heavy atom. The average Bonchev–Trinajstić information content (AvgIpc) is 2.88. The lowest BCUT2D eigenvalue weighted by atomic mass is 10.1. The summed E-state index contributed by atoms with van der Waals surface area (Å²) in [7, 11) is 0. The minimum Gasteiger partial charge on any atom is -0.385 e. The monoisotopic (exact) mass is 223 g/mol. The van der Waals surface area contributed by atoms with Crippen molar-refractivity contribution >= 4 is 0 Å². The molecule has 0 saturated carbocycles. The SMILES string of the molecule is OC1CCCn2nc(CC3CCCO3)nc21. The van der Waals surface area contributed by atoms with Crippen LogP contribution in [0, 0.1) is 0 Å². The molecule has 2 aliphatic heterocycles. The molecule has 0 aliphatic carbocycles. The number of aliphatic hydroxyl groups excluding tert-OH is 1. The molecule has 1 saturated heterocycles. The van der Waals surface area contributed by atoms with Crippen LogP contribution in [0.5, 0.6) is 0 Å². The third-order valence-corrected chi connectivity index (χ3v) is 3.32. The fourth-order valence-corrected chi connectivity index (χ4v) is 2.47. The van der Waals surface area contributed by atoms with Crippen LogP contribution >= 0.6 is 0 Å². The number of ether oxygens (including phenoxy) is 1. The van der Waals surface area contributed by atoms with E-state index in [1.807, 2.05) is 4.68 Å². The Kier molecular flexibility index (Phi) is 2.65. The van der Waals surface area contributed by atoms with Gasteiger partial charge < -0.3 is 9.84 Å². The van der Waals surface area contributed by atoms with Gasteiger partial charge in [-0.1, -0.05) is 0 Å². The van der Waals surface area contributed by atoms with Crippen LogP contribution in [0.25, 0.3) is 0 Å². The molecule has 0 amide bonds. The summed E-state index contributed by atoms with van der Waals surface area (Å²) in [5, 5.41) is 14.2. The summed E-state index contributed by atoms with van der Waals surface area (Å²) in [6, 6.07) is 0. The highest BCUT2D eigenvalue weighted by Gasteiger charge is 2.24. The first-order valence-corrected chi connectivity index (χ1v) is 6.06. The van der Waals surface area contributed by atoms with E-state index in [-0.39, 0.29) is 6.10 Å². The number of hydrogen-bond acceptors (Lipinski definition) is 4. The predicted molar refractivity (Wildman–Crippen MR) is 56.9 cm³/mol. The lowest BCUT2D eigenvalue weighted by molar-refractivity contribution is 0.110. The van der Waals surface area contributed by atoms with E-state index >= 15 is 0 Å². The molecular weight excluding hydrogens is 206 g/mol. The van der Waals surface area contributed by atoms with E-state index in [4.69, 9.17) is 4.74 Å². The molecule has 1 aromatic rings. The first-order valence-electron chi connectivity index (χ1n) is 6.06. The van der Waals surface area contributed by atoms with Crippen LogP contribution in [0.4, 0.5) is 0 Å². The standard InChI is InChI=1S/C11H17N3O2/c15-9-4-1-5-14-11(9)12-10(13-14)7-8-3-2-6-16-8/h8-9,15H,1-7H2. The maximum atomic E-state index is 9.78. The van der Waals surface area contributed by atoms with E-state index in [9.17, 15) is 5.11 Å². The molecule has 16 heavy (non-hydrogen) atoms. The molecule has 3 rings (SSSR count). The highest BCUT2D eigenvalue weighted by Crippen LogP contribution is 2.23. The summed E-state index contributed by atoms with van der Waals surface area (Å²) in [6.45, 7) is 1.74. The van der Waals surface area contributed by atoms with Crippen molar-refractivity contribution in [3.05, 3.63) is 11.6 Å². The molecule has 2 unspecified atom stereocenters. The number of fused-ring (bicyclic) bond motifs is 1. The van der Waals surface area contributed by atoms with E-state index in [1.165, 1.54) is 0 Å². The Labute approximate surface area is 94.4 Å². The van der Waals surface area contributed by atoms with Crippen LogP contribution < -0.4 is 0 Å². The van der Waals surface area contributed by atoms with Gasteiger partial charge in [0.2, 0.25) is 0 Å². The molecule has 2 atom stereocenters. The van der Waals surface area contributed by atoms with Crippen molar-refractivity contribution < 1.29 is 9.84 Å². The highest BCUT2D eigenvalue weighted by atomic mass is 16.5. The van der Waals surface area contributed by atoms with E-state index < -0.39 is 6.10 Å². The second-order valence-electron chi connectivity index (χ2n) is 4.61. The van der Waals surface area contributed by atoms with E-state index in [1.54, 1.807) is 0 Å². The van der Waals surface area contributed by atoms with Gasteiger partial charge in [-0.15, -0.1) is 0 Å². The number of aliphatic hydroxyl groups is 1. The molecule has 88 valence electrons. The summed E-state index contributed by atoms with van der Waals surface area (Å²) in [5.41, 5.74) is 0. The second kappa shape index (κ2) is 4.14. The summed E-state index contributed by atoms with van der Waals surface area (Å²) in [6.07, 6.45) is 4.66. The molecule has 5 nitrogen and oxygen atoms in total. The highest BCUT2D eigenvalue weighted by molar-refractivity contribution is 5.00. The Balaban J connectivity index is 1.75. The normalized spacial score (nSPS) is 29.3. The molecule has 1 aromatic heterocycles. The van der Waals surface area contributed by atoms with Crippen molar-refractivity contribution in [3.8, 4) is 0 Å². The summed E-state index contributed by atoms with van der Waals surface area (Å²) < 4.78 is 7.41. The largest absolute Gasteiger partial charge is 0.385 e. The average molecular weight is 223 g/mol. The van der Waals surface area contributed by atoms with Crippen molar-refractivity contribution in [2.45, 2.75) is 50.9 Å². The zero-order chi connectivity index (χ0) is 11.0. The van der Waals surface area contributed by atoms with Crippen molar-refractivity contribution in [3.63, 3.8) is 0 Å². The lowest BCUT2D eigenvalue weighted by Crippen LogP contribution is -2.16. The van der Waals surface area contributed by atoms with Gasteiger partial charge in [0.15, 0.2) is 11.6 Å². The molecular formula is C11H17N3O2. The van der Waals surface area contributed by atoms with Gasteiger partial charge in [0.05, 0.1) is 6.10 Å². The first-order chi connectivity index (χ1) is 7.83. The molecule has 5 heteroatoms. The zero-order valence-electron chi connectivity index (χ0n) is 9.30. The third kappa shape index (κ3) is 1.85. The van der Waals surface area contributed by atoms with Crippen LogP contribution in [0.2, 0.25) is 0 Å². The molecule has 0 bridgehead atoms. The fourth-order valence-electron chi connectivity index (χ4n) is 2.47. The van der Waals surface area contributed by atoms with Gasteiger partial charge >= 0.3 is 0 Å². The van der Waals surface area contributed by atoms with Crippen LogP contribution in [0.1, 0.15) is 43.4 Å². The summed E-state index contributed by atoms with van der Waals surface area (Å²) in [4.78, 5) is 4.42. The van der Waals surface area contributed by atoms with Gasteiger partial charge in [-0.25, -0.2) is 9.67 Å². The topological polar surface area (TPSA) is 60.2 Å². The first kappa shape index (κ1) is 10.2. The van der Waals surface area contributed by atoms with Crippen molar-refractivity contribution in [1.82, 2.24) is 14.8 Å². The molecule has 1 fully saturated rings. The Bertz CT molecular complexity index is 371. The maximum absolute atomic E-state index is 9.78. The summed E-state index contributed by atoms with van der Waals surface area (Å²) >= 11 is 0. The number of hydrogen-bond donors (Lipinski definition) is 1. The van der Waals surface area contributed by atoms with Gasteiger partial charge in [0.25, 0.3) is 0 Å². The Morgan fingerprint density at radius 2 is 2.31 bits per heavy atom. The van der Waals surface area contributed by atoms with E-state index in [2.05, 4.69) is 10.1 Å². The molecule has 0 radical (unpaired) electrons. The molecule has 2 aliphatic rings. The second-order valence-corrected chi connectivity index (χ2v) is 4.61. The smallest absolute Gasteiger partial charge is 0.156 e. The minimum atomic E-state index is -0.431. The number of rotatable bonds is 2. The maximum Gasteiger partial charge on any atom is 0.156 e. The number of aryl methyl sites for hydroxylation is 1. The third-order valence-electron chi connectivity index (χ3n) is 3.32. The Hall–Kier alpha value is -0.940. The molecule has 1 N–H and O–H groups in total. The zero-order valence-corrected chi connectivity index (χ0v) is 9.30. The van der Waals surface area contributed by atoms with Crippen molar-refractivity contribution in [2.24, 2.45) is 0 Å².